The van der Waals surface area contributed by atoms with E-state index in [1.54, 1.807) is 0 Å². The van der Waals surface area contributed by atoms with Crippen molar-refractivity contribution < 1.29 is 4.42 Å². The fraction of sp³-hybridized carbons (Fsp3) is 0.100. The lowest BCUT2D eigenvalue weighted by atomic mass is 10.1. The highest BCUT2D eigenvalue weighted by molar-refractivity contribution is 6.27. The van der Waals surface area contributed by atoms with Crippen molar-refractivity contribution in [2.75, 3.05) is 0 Å². The van der Waals surface area contributed by atoms with Gasteiger partial charge in [0.1, 0.15) is 11.5 Å². The van der Waals surface area contributed by atoms with Crippen molar-refractivity contribution in [3.8, 4) is 11.3 Å². The van der Waals surface area contributed by atoms with Gasteiger partial charge in [0, 0.05) is 5.56 Å². The zero-order valence-electron chi connectivity index (χ0n) is 7.12. The predicted molar refractivity (Wildman–Crippen MR) is 51.7 cm³/mol. The van der Waals surface area contributed by atoms with Crippen LogP contribution in [0.25, 0.3) is 11.3 Å². The van der Waals surface area contributed by atoms with Gasteiger partial charge in [-0.25, -0.2) is 0 Å². The first kappa shape index (κ1) is 8.32. The highest BCUT2D eigenvalue weighted by atomic mass is 35.5. The first-order valence-electron chi connectivity index (χ1n) is 3.96. The fourth-order valence-electron chi connectivity index (χ4n) is 1.23. The zero-order valence-corrected chi connectivity index (χ0v) is 7.88. The second-order valence-electron chi connectivity index (χ2n) is 2.74. The Morgan fingerprint density at radius 3 is 2.46 bits per heavy atom. The normalized spacial score (nSPS) is 10.3. The lowest BCUT2D eigenvalue weighted by Gasteiger charge is -1.94. The summed E-state index contributed by atoms with van der Waals surface area (Å²) in [5.41, 5.74) is 1.83. The van der Waals surface area contributed by atoms with Gasteiger partial charge in [-0.05, 0) is 18.5 Å². The van der Waals surface area contributed by atoms with Gasteiger partial charge >= 0.3 is 0 Å². The quantitative estimate of drug-likeness (QED) is 0.695. The van der Waals surface area contributed by atoms with Gasteiger partial charge < -0.3 is 4.42 Å². The smallest absolute Gasteiger partial charge is 0.292 e. The molecule has 2 nitrogen and oxygen atoms in total. The number of hydrogen-bond donors (Lipinski definition) is 0. The monoisotopic (exact) mass is 193 g/mol. The minimum absolute atomic E-state index is 0.191. The molecule has 0 aliphatic heterocycles. The molecular weight excluding hydrogens is 186 g/mol. The van der Waals surface area contributed by atoms with Crippen molar-refractivity contribution >= 4 is 11.6 Å². The summed E-state index contributed by atoms with van der Waals surface area (Å²) in [7, 11) is 0. The van der Waals surface area contributed by atoms with Crippen LogP contribution in [0.4, 0.5) is 0 Å². The molecule has 0 N–H and O–H groups in total. The van der Waals surface area contributed by atoms with Crippen LogP contribution in [0.5, 0.6) is 0 Å². The molecule has 3 heteroatoms. The molecule has 0 atom stereocenters. The molecule has 66 valence electrons. The van der Waals surface area contributed by atoms with Gasteiger partial charge in [0.05, 0.1) is 0 Å². The molecule has 1 heterocycles. The van der Waals surface area contributed by atoms with Crippen LogP contribution in [0.3, 0.4) is 0 Å². The number of oxazole rings is 1. The summed E-state index contributed by atoms with van der Waals surface area (Å²) >= 11 is 5.64. The van der Waals surface area contributed by atoms with E-state index < -0.39 is 0 Å². The van der Waals surface area contributed by atoms with E-state index >= 15 is 0 Å². The minimum atomic E-state index is 0.191. The standard InChI is InChI=1S/C10H8ClNO/c1-7-9(12-10(11)13-7)8-5-3-2-4-6-8/h2-6H,1H3. The maximum Gasteiger partial charge on any atom is 0.292 e. The van der Waals surface area contributed by atoms with Gasteiger partial charge in [-0.2, -0.15) is 4.98 Å². The average Bonchev–Trinajstić information content (AvgIpc) is 2.47. The van der Waals surface area contributed by atoms with Crippen LogP contribution < -0.4 is 0 Å². The SMILES string of the molecule is Cc1oc(Cl)nc1-c1ccccc1. The lowest BCUT2D eigenvalue weighted by Crippen LogP contribution is -1.78. The number of halogens is 1. The topological polar surface area (TPSA) is 26.0 Å². The van der Waals surface area contributed by atoms with E-state index in [4.69, 9.17) is 16.0 Å². The Bertz CT molecular complexity index is 408. The van der Waals surface area contributed by atoms with Crippen LogP contribution >= 0.6 is 11.6 Å². The van der Waals surface area contributed by atoms with Crippen molar-refractivity contribution in [1.82, 2.24) is 4.98 Å². The number of hydrogen-bond acceptors (Lipinski definition) is 2. The summed E-state index contributed by atoms with van der Waals surface area (Å²) in [5.74, 6) is 0.746. The third kappa shape index (κ3) is 1.58. The van der Waals surface area contributed by atoms with Crippen LogP contribution in [-0.2, 0) is 0 Å². The molecule has 0 aliphatic rings. The van der Waals surface area contributed by atoms with Crippen molar-refractivity contribution in [2.24, 2.45) is 0 Å². The number of aryl methyl sites for hydroxylation is 1. The summed E-state index contributed by atoms with van der Waals surface area (Å²) in [4.78, 5) is 4.08. The van der Waals surface area contributed by atoms with Crippen LogP contribution in [-0.4, -0.2) is 4.98 Å². The Balaban J connectivity index is 2.53. The predicted octanol–water partition coefficient (Wildman–Crippen LogP) is 3.30. The summed E-state index contributed by atoms with van der Waals surface area (Å²) in [6.45, 7) is 1.85. The molecule has 2 rings (SSSR count). The zero-order chi connectivity index (χ0) is 9.26. The molecule has 0 amide bonds. The number of nitrogens with zero attached hydrogens (tertiary/aromatic N) is 1. The van der Waals surface area contributed by atoms with E-state index in [2.05, 4.69) is 4.98 Å². The molecule has 0 saturated carbocycles. The summed E-state index contributed by atoms with van der Waals surface area (Å²) in [5, 5.41) is 0.191. The molecule has 1 aromatic carbocycles. The van der Waals surface area contributed by atoms with E-state index in [1.807, 2.05) is 37.3 Å². The first-order chi connectivity index (χ1) is 6.27. The van der Waals surface area contributed by atoms with Crippen LogP contribution in [0, 0.1) is 6.92 Å². The summed E-state index contributed by atoms with van der Waals surface area (Å²) < 4.78 is 5.12. The second-order valence-corrected chi connectivity index (χ2v) is 3.06. The summed E-state index contributed by atoms with van der Waals surface area (Å²) in [6, 6.07) is 9.82. The highest BCUT2D eigenvalue weighted by Crippen LogP contribution is 2.24. The maximum absolute atomic E-state index is 5.64. The number of rotatable bonds is 1. The molecule has 13 heavy (non-hydrogen) atoms. The third-order valence-corrected chi connectivity index (χ3v) is 1.98. The maximum atomic E-state index is 5.64. The Hall–Kier alpha value is -1.28. The van der Waals surface area contributed by atoms with E-state index in [-0.39, 0.29) is 5.35 Å². The van der Waals surface area contributed by atoms with E-state index in [9.17, 15) is 0 Å². The Labute approximate surface area is 81.2 Å². The molecular formula is C10H8ClNO. The third-order valence-electron chi connectivity index (χ3n) is 1.82. The Morgan fingerprint density at radius 2 is 1.92 bits per heavy atom. The Morgan fingerprint density at radius 1 is 1.23 bits per heavy atom. The van der Waals surface area contributed by atoms with Crippen molar-refractivity contribution in [3.63, 3.8) is 0 Å². The molecule has 0 unspecified atom stereocenters. The van der Waals surface area contributed by atoms with E-state index in [0.29, 0.717) is 0 Å². The molecule has 0 radical (unpaired) electrons. The number of benzene rings is 1. The van der Waals surface area contributed by atoms with Gasteiger partial charge in [-0.15, -0.1) is 0 Å². The average molecular weight is 194 g/mol. The molecule has 0 fully saturated rings. The van der Waals surface area contributed by atoms with E-state index in [1.165, 1.54) is 0 Å². The van der Waals surface area contributed by atoms with Gasteiger partial charge in [0.15, 0.2) is 0 Å². The van der Waals surface area contributed by atoms with Crippen molar-refractivity contribution in [2.45, 2.75) is 6.92 Å². The molecule has 2 aromatic rings. The largest absolute Gasteiger partial charge is 0.432 e. The number of aromatic nitrogens is 1. The van der Waals surface area contributed by atoms with Gasteiger partial charge in [-0.1, -0.05) is 30.3 Å². The minimum Gasteiger partial charge on any atom is -0.432 e. The second kappa shape index (κ2) is 3.23. The molecule has 0 spiro atoms. The molecule has 0 bridgehead atoms. The molecule has 0 saturated heterocycles. The van der Waals surface area contributed by atoms with Gasteiger partial charge in [0.2, 0.25) is 0 Å². The van der Waals surface area contributed by atoms with Crippen molar-refractivity contribution in [3.05, 3.63) is 41.4 Å². The van der Waals surface area contributed by atoms with Crippen LogP contribution in [0.2, 0.25) is 5.35 Å². The lowest BCUT2D eigenvalue weighted by molar-refractivity contribution is 0.530. The first-order valence-corrected chi connectivity index (χ1v) is 4.33. The van der Waals surface area contributed by atoms with Gasteiger partial charge in [0.25, 0.3) is 5.35 Å². The van der Waals surface area contributed by atoms with E-state index in [0.717, 1.165) is 17.0 Å². The fourth-order valence-corrected chi connectivity index (χ4v) is 1.43. The highest BCUT2D eigenvalue weighted by Gasteiger charge is 2.08. The van der Waals surface area contributed by atoms with Crippen molar-refractivity contribution in [1.29, 1.82) is 0 Å². The van der Waals surface area contributed by atoms with Gasteiger partial charge in [-0.3, -0.25) is 0 Å². The molecule has 0 aliphatic carbocycles. The Kier molecular flexibility index (Phi) is 2.07. The van der Waals surface area contributed by atoms with Crippen LogP contribution in [0.15, 0.2) is 34.7 Å². The summed E-state index contributed by atoms with van der Waals surface area (Å²) in [6.07, 6.45) is 0. The van der Waals surface area contributed by atoms with Crippen LogP contribution in [0.1, 0.15) is 5.76 Å². The molecule has 1 aromatic heterocycles.